The first-order valence-corrected chi connectivity index (χ1v) is 9.88. The van der Waals surface area contributed by atoms with Crippen LogP contribution >= 0.6 is 0 Å². The van der Waals surface area contributed by atoms with E-state index in [-0.39, 0.29) is 11.3 Å². The molecule has 1 N–H and O–H groups in total. The van der Waals surface area contributed by atoms with Crippen LogP contribution in [0.25, 0.3) is 5.76 Å². The summed E-state index contributed by atoms with van der Waals surface area (Å²) in [6.45, 7) is 3.60. The Morgan fingerprint density at radius 3 is 2.41 bits per heavy atom. The van der Waals surface area contributed by atoms with E-state index >= 15 is 0 Å². The zero-order valence-corrected chi connectivity index (χ0v) is 17.7. The van der Waals surface area contributed by atoms with Crippen molar-refractivity contribution in [2.24, 2.45) is 0 Å². The maximum Gasteiger partial charge on any atom is 0.300 e. The van der Waals surface area contributed by atoms with Gasteiger partial charge in [0.2, 0.25) is 0 Å². The maximum atomic E-state index is 13.2. The molecule has 2 heterocycles. The molecule has 1 amide bonds. The third-order valence-electron chi connectivity index (χ3n) is 5.36. The molecule has 3 aromatic rings. The summed E-state index contributed by atoms with van der Waals surface area (Å²) in [6, 6.07) is 15.9. The number of furan rings is 1. The van der Waals surface area contributed by atoms with Gasteiger partial charge in [0.1, 0.15) is 29.1 Å². The molecular weight excluding hydrogens is 408 g/mol. The largest absolute Gasteiger partial charge is 0.507 e. The number of anilines is 1. The van der Waals surface area contributed by atoms with Gasteiger partial charge in [-0.1, -0.05) is 11.6 Å². The second kappa shape index (κ2) is 8.08. The van der Waals surface area contributed by atoms with Crippen LogP contribution in [0.3, 0.4) is 0 Å². The number of nitriles is 1. The van der Waals surface area contributed by atoms with Crippen molar-refractivity contribution in [2.75, 3.05) is 12.0 Å². The summed E-state index contributed by atoms with van der Waals surface area (Å²) in [4.78, 5) is 27.5. The quantitative estimate of drug-likeness (QED) is 0.375. The number of amides is 1. The topological polar surface area (TPSA) is 104 Å². The molecule has 7 nitrogen and oxygen atoms in total. The van der Waals surface area contributed by atoms with Crippen molar-refractivity contribution in [1.82, 2.24) is 0 Å². The highest BCUT2D eigenvalue weighted by atomic mass is 16.5. The number of benzene rings is 2. The van der Waals surface area contributed by atoms with Gasteiger partial charge in [-0.25, -0.2) is 0 Å². The van der Waals surface area contributed by atoms with Crippen LogP contribution in [0, 0.1) is 25.2 Å². The summed E-state index contributed by atoms with van der Waals surface area (Å²) in [5.41, 5.74) is 1.87. The molecule has 2 aromatic carbocycles. The number of methoxy groups -OCH3 is 1. The molecule has 4 rings (SSSR count). The SMILES string of the molecule is COc1ccc(C)cc1/C(O)=C1\C(=O)C(=O)N(c2ccc(C#N)cc2)C1c1ccc(C)o1. The van der Waals surface area contributed by atoms with Crippen molar-refractivity contribution in [1.29, 1.82) is 5.26 Å². The van der Waals surface area contributed by atoms with Crippen LogP contribution in [0.4, 0.5) is 5.69 Å². The predicted molar refractivity (Wildman–Crippen MR) is 117 cm³/mol. The van der Waals surface area contributed by atoms with E-state index in [1.807, 2.05) is 19.1 Å². The second-order valence-electron chi connectivity index (χ2n) is 7.48. The van der Waals surface area contributed by atoms with E-state index in [2.05, 4.69) is 0 Å². The van der Waals surface area contributed by atoms with Gasteiger partial charge in [-0.15, -0.1) is 0 Å². The third-order valence-corrected chi connectivity index (χ3v) is 5.36. The Morgan fingerprint density at radius 2 is 1.81 bits per heavy atom. The van der Waals surface area contributed by atoms with Gasteiger partial charge < -0.3 is 14.3 Å². The highest BCUT2D eigenvalue weighted by Crippen LogP contribution is 2.43. The number of carbonyl (C=O) groups excluding carboxylic acids is 2. The predicted octanol–water partition coefficient (Wildman–Crippen LogP) is 4.40. The smallest absolute Gasteiger partial charge is 0.300 e. The highest BCUT2D eigenvalue weighted by molar-refractivity contribution is 6.51. The molecule has 1 aliphatic rings. The van der Waals surface area contributed by atoms with Crippen molar-refractivity contribution in [2.45, 2.75) is 19.9 Å². The molecule has 1 fully saturated rings. The number of ether oxygens (including phenoxy) is 1. The fourth-order valence-corrected chi connectivity index (χ4v) is 3.82. The minimum Gasteiger partial charge on any atom is -0.507 e. The fourth-order valence-electron chi connectivity index (χ4n) is 3.82. The lowest BCUT2D eigenvalue weighted by atomic mass is 9.97. The fraction of sp³-hybridized carbons (Fsp3) is 0.160. The zero-order valence-electron chi connectivity index (χ0n) is 17.7. The van der Waals surface area contributed by atoms with E-state index in [1.165, 1.54) is 12.0 Å². The summed E-state index contributed by atoms with van der Waals surface area (Å²) >= 11 is 0. The van der Waals surface area contributed by atoms with E-state index in [4.69, 9.17) is 14.4 Å². The van der Waals surface area contributed by atoms with Crippen molar-refractivity contribution in [3.8, 4) is 11.8 Å². The van der Waals surface area contributed by atoms with Gasteiger partial charge >= 0.3 is 0 Å². The number of ketones is 1. The van der Waals surface area contributed by atoms with Gasteiger partial charge in [-0.05, 0) is 62.4 Å². The van der Waals surface area contributed by atoms with Crippen LogP contribution in [0.5, 0.6) is 5.75 Å². The molecule has 7 heteroatoms. The first kappa shape index (κ1) is 20.9. The minimum atomic E-state index is -0.984. The number of aliphatic hydroxyl groups is 1. The van der Waals surface area contributed by atoms with E-state index in [0.717, 1.165) is 5.56 Å². The van der Waals surface area contributed by atoms with Crippen LogP contribution in [0.1, 0.15) is 34.3 Å². The Balaban J connectivity index is 1.96. The summed E-state index contributed by atoms with van der Waals surface area (Å²) < 4.78 is 11.1. The molecule has 0 saturated carbocycles. The van der Waals surface area contributed by atoms with Crippen LogP contribution in [0.15, 0.2) is 64.6 Å². The molecule has 1 saturated heterocycles. The van der Waals surface area contributed by atoms with Crippen molar-refractivity contribution >= 4 is 23.1 Å². The van der Waals surface area contributed by atoms with E-state index in [1.54, 1.807) is 55.5 Å². The molecule has 32 heavy (non-hydrogen) atoms. The number of nitrogens with zero attached hydrogens (tertiary/aromatic N) is 2. The van der Waals surface area contributed by atoms with Crippen molar-refractivity contribution < 1.29 is 23.8 Å². The molecule has 1 atom stereocenters. The molecule has 1 aliphatic heterocycles. The van der Waals surface area contributed by atoms with Crippen LogP contribution < -0.4 is 9.64 Å². The maximum absolute atomic E-state index is 13.2. The highest BCUT2D eigenvalue weighted by Gasteiger charge is 2.48. The number of aryl methyl sites for hydroxylation is 2. The van der Waals surface area contributed by atoms with Gasteiger partial charge in [0, 0.05) is 5.69 Å². The van der Waals surface area contributed by atoms with E-state index in [9.17, 15) is 14.7 Å². The number of Topliss-reactive ketones (excluding diaryl/α,β-unsaturated/α-hetero) is 1. The van der Waals surface area contributed by atoms with Gasteiger partial charge in [0.25, 0.3) is 11.7 Å². The second-order valence-corrected chi connectivity index (χ2v) is 7.48. The van der Waals surface area contributed by atoms with Gasteiger partial charge in [0.15, 0.2) is 0 Å². The first-order valence-electron chi connectivity index (χ1n) is 9.88. The molecular formula is C25H20N2O5. The Bertz CT molecular complexity index is 1290. The van der Waals surface area contributed by atoms with Gasteiger partial charge in [-0.2, -0.15) is 5.26 Å². The summed E-state index contributed by atoms with van der Waals surface area (Å²) in [7, 11) is 1.46. The lowest BCUT2D eigenvalue weighted by Crippen LogP contribution is -2.29. The van der Waals surface area contributed by atoms with Crippen LogP contribution in [0.2, 0.25) is 0 Å². The molecule has 160 valence electrons. The minimum absolute atomic E-state index is 0.0994. The number of carbonyl (C=O) groups is 2. The summed E-state index contributed by atoms with van der Waals surface area (Å²) in [5, 5.41) is 20.3. The molecule has 0 spiro atoms. The lowest BCUT2D eigenvalue weighted by Gasteiger charge is -2.23. The van der Waals surface area contributed by atoms with Gasteiger partial charge in [-0.3, -0.25) is 14.5 Å². The Hall–Kier alpha value is -4.31. The normalized spacial score (nSPS) is 17.4. The standard InChI is InChI=1S/C25H20N2O5/c1-14-4-10-19(31-3)18(12-14)23(28)21-22(20-11-5-15(2)32-20)27(25(30)24(21)29)17-8-6-16(13-26)7-9-17/h4-12,22,28H,1-3H3/b23-21+. The molecule has 1 aromatic heterocycles. The Labute approximate surface area is 184 Å². The van der Waals surface area contributed by atoms with Crippen LogP contribution in [-0.2, 0) is 9.59 Å². The molecule has 0 bridgehead atoms. The average molecular weight is 428 g/mol. The zero-order chi connectivity index (χ0) is 23.0. The van der Waals surface area contributed by atoms with Gasteiger partial charge in [0.05, 0.1) is 29.9 Å². The lowest BCUT2D eigenvalue weighted by molar-refractivity contribution is -0.132. The summed E-state index contributed by atoms with van der Waals surface area (Å²) in [6.07, 6.45) is 0. The Kier molecular flexibility index (Phi) is 5.29. The number of hydrogen-bond acceptors (Lipinski definition) is 6. The molecule has 0 aliphatic carbocycles. The monoisotopic (exact) mass is 428 g/mol. The van der Waals surface area contributed by atoms with Crippen molar-refractivity contribution in [3.05, 3.63) is 88.4 Å². The molecule has 1 unspecified atom stereocenters. The Morgan fingerprint density at radius 1 is 1.09 bits per heavy atom. The van der Waals surface area contributed by atoms with E-state index in [0.29, 0.717) is 34.1 Å². The number of rotatable bonds is 4. The number of aliphatic hydroxyl groups excluding tert-OH is 1. The third kappa shape index (κ3) is 3.42. The van der Waals surface area contributed by atoms with Crippen LogP contribution in [-0.4, -0.2) is 23.9 Å². The van der Waals surface area contributed by atoms with E-state index < -0.39 is 17.7 Å². The van der Waals surface area contributed by atoms with Crippen molar-refractivity contribution in [3.63, 3.8) is 0 Å². The first-order chi connectivity index (χ1) is 15.3. The average Bonchev–Trinajstić information content (AvgIpc) is 3.34. The summed E-state index contributed by atoms with van der Waals surface area (Å²) in [5.74, 6) is -0.694. The molecule has 0 radical (unpaired) electrons. The number of hydrogen-bond donors (Lipinski definition) is 1.